The fourth-order valence-corrected chi connectivity index (χ4v) is 3.92. The van der Waals surface area contributed by atoms with Crippen LogP contribution in [-0.2, 0) is 24.1 Å². The largest absolute Gasteiger partial charge is 0.506 e. The second kappa shape index (κ2) is 11.5. The summed E-state index contributed by atoms with van der Waals surface area (Å²) < 4.78 is 92.1. The maximum Gasteiger partial charge on any atom is 0.433 e. The van der Waals surface area contributed by atoms with Gasteiger partial charge >= 0.3 is 18.4 Å². The standard InChI is InChI=1S/C26H26ClF6N3O4/c1-24(2,3)40-23(38)34-10-5-11-39-19-9-7-15(18-13-20(26(31,32)33)36(4)35-18)22(37)21(19)14-6-8-17(27)16(12-14)25(28,29)30/h6-9,12-13,37H,5,10-11H2,1-4H3,(H,34,38). The van der Waals surface area contributed by atoms with Gasteiger partial charge < -0.3 is 19.9 Å². The number of phenolic OH excluding ortho intramolecular Hbond substituents is 1. The Balaban J connectivity index is 1.98. The molecule has 7 nitrogen and oxygen atoms in total. The summed E-state index contributed by atoms with van der Waals surface area (Å²) in [6, 6.07) is 6.17. The molecule has 40 heavy (non-hydrogen) atoms. The minimum Gasteiger partial charge on any atom is -0.506 e. The molecule has 0 aliphatic rings. The van der Waals surface area contributed by atoms with Gasteiger partial charge in [0, 0.05) is 19.2 Å². The Bertz CT molecular complexity index is 1380. The van der Waals surface area contributed by atoms with E-state index in [9.17, 15) is 36.2 Å². The van der Waals surface area contributed by atoms with E-state index < -0.39 is 46.1 Å². The summed E-state index contributed by atoms with van der Waals surface area (Å²) in [4.78, 5) is 11.8. The van der Waals surface area contributed by atoms with E-state index >= 15 is 0 Å². The zero-order valence-electron chi connectivity index (χ0n) is 21.8. The van der Waals surface area contributed by atoms with E-state index in [-0.39, 0.29) is 47.7 Å². The minimum absolute atomic E-state index is 0.0386. The molecule has 14 heteroatoms. The highest BCUT2D eigenvalue weighted by molar-refractivity contribution is 6.31. The molecule has 0 spiro atoms. The van der Waals surface area contributed by atoms with Crippen molar-refractivity contribution in [2.75, 3.05) is 13.2 Å². The van der Waals surface area contributed by atoms with Crippen molar-refractivity contribution in [2.45, 2.75) is 45.1 Å². The van der Waals surface area contributed by atoms with Gasteiger partial charge in [-0.15, -0.1) is 0 Å². The van der Waals surface area contributed by atoms with Crippen LogP contribution in [0.4, 0.5) is 31.1 Å². The summed E-state index contributed by atoms with van der Waals surface area (Å²) in [6.07, 6.45) is -9.95. The number of phenols is 1. The van der Waals surface area contributed by atoms with Crippen LogP contribution in [0.3, 0.4) is 0 Å². The molecule has 2 N–H and O–H groups in total. The van der Waals surface area contributed by atoms with Crippen molar-refractivity contribution >= 4 is 17.7 Å². The van der Waals surface area contributed by atoms with Gasteiger partial charge in [-0.3, -0.25) is 4.68 Å². The van der Waals surface area contributed by atoms with Crippen molar-refractivity contribution < 1.29 is 45.7 Å². The van der Waals surface area contributed by atoms with E-state index in [1.807, 2.05) is 0 Å². The molecule has 3 rings (SSSR count). The zero-order valence-corrected chi connectivity index (χ0v) is 22.6. The lowest BCUT2D eigenvalue weighted by molar-refractivity contribution is -0.143. The molecule has 0 aliphatic carbocycles. The third-order valence-electron chi connectivity index (χ3n) is 5.39. The molecule has 0 bridgehead atoms. The average molecular weight is 594 g/mol. The average Bonchev–Trinajstić information content (AvgIpc) is 3.19. The van der Waals surface area contributed by atoms with Gasteiger partial charge in [-0.1, -0.05) is 17.7 Å². The Kier molecular flexibility index (Phi) is 8.87. The summed E-state index contributed by atoms with van der Waals surface area (Å²) in [5.74, 6) is -0.701. The highest BCUT2D eigenvalue weighted by atomic mass is 35.5. The van der Waals surface area contributed by atoms with E-state index in [2.05, 4.69) is 10.4 Å². The van der Waals surface area contributed by atoms with Gasteiger partial charge in [0.05, 0.1) is 28.5 Å². The number of alkyl carbamates (subject to hydrolysis) is 1. The van der Waals surface area contributed by atoms with Gasteiger partial charge in [-0.25, -0.2) is 4.79 Å². The predicted octanol–water partition coefficient (Wildman–Crippen LogP) is 7.44. The maximum absolute atomic E-state index is 13.6. The first kappa shape index (κ1) is 30.9. The summed E-state index contributed by atoms with van der Waals surface area (Å²) in [5, 5.41) is 16.9. The van der Waals surface area contributed by atoms with E-state index in [0.29, 0.717) is 16.8 Å². The van der Waals surface area contributed by atoms with E-state index in [1.54, 1.807) is 20.8 Å². The van der Waals surface area contributed by atoms with Crippen LogP contribution in [0.1, 0.15) is 38.4 Å². The molecule has 0 aliphatic heterocycles. The minimum atomic E-state index is -4.82. The molecule has 2 aromatic carbocycles. The number of halogens is 7. The number of nitrogens with one attached hydrogen (secondary N) is 1. The Morgan fingerprint density at radius 1 is 1.05 bits per heavy atom. The lowest BCUT2D eigenvalue weighted by Gasteiger charge is -2.20. The summed E-state index contributed by atoms with van der Waals surface area (Å²) in [6.45, 7) is 5.19. The van der Waals surface area contributed by atoms with Gasteiger partial charge in [-0.2, -0.15) is 31.4 Å². The van der Waals surface area contributed by atoms with Gasteiger partial charge in [0.15, 0.2) is 0 Å². The molecular formula is C26H26ClF6N3O4. The van der Waals surface area contributed by atoms with E-state index in [1.165, 1.54) is 18.2 Å². The molecule has 0 saturated heterocycles. The molecule has 0 fully saturated rings. The zero-order chi connectivity index (χ0) is 30.0. The third-order valence-corrected chi connectivity index (χ3v) is 5.72. The predicted molar refractivity (Wildman–Crippen MR) is 135 cm³/mol. The highest BCUT2D eigenvalue weighted by Gasteiger charge is 2.36. The second-order valence-electron chi connectivity index (χ2n) is 9.69. The number of aromatic hydroxyl groups is 1. The molecule has 0 unspecified atom stereocenters. The van der Waals surface area contributed by atoms with Crippen molar-refractivity contribution in [3.63, 3.8) is 0 Å². The van der Waals surface area contributed by atoms with Crippen LogP contribution in [0, 0.1) is 0 Å². The van der Waals surface area contributed by atoms with Gasteiger partial charge in [-0.05, 0) is 63.1 Å². The van der Waals surface area contributed by atoms with Crippen LogP contribution >= 0.6 is 11.6 Å². The Morgan fingerprint density at radius 3 is 2.30 bits per heavy atom. The van der Waals surface area contributed by atoms with Gasteiger partial charge in [0.2, 0.25) is 0 Å². The number of amides is 1. The molecule has 0 atom stereocenters. The van der Waals surface area contributed by atoms with Crippen LogP contribution in [0.25, 0.3) is 22.4 Å². The number of carbonyl (C=O) groups is 1. The smallest absolute Gasteiger partial charge is 0.433 e. The van der Waals surface area contributed by atoms with Gasteiger partial charge in [0.25, 0.3) is 0 Å². The summed E-state index contributed by atoms with van der Waals surface area (Å²) in [7, 11) is 1.07. The number of hydrogen-bond donors (Lipinski definition) is 2. The Morgan fingerprint density at radius 2 is 1.73 bits per heavy atom. The molecule has 1 aromatic heterocycles. The van der Waals surface area contributed by atoms with Crippen LogP contribution in [0.2, 0.25) is 5.02 Å². The number of aryl methyl sites for hydroxylation is 1. The van der Waals surface area contributed by atoms with Crippen LogP contribution in [0.15, 0.2) is 36.4 Å². The number of hydrogen-bond acceptors (Lipinski definition) is 5. The first-order chi connectivity index (χ1) is 18.4. The van der Waals surface area contributed by atoms with E-state index in [4.69, 9.17) is 21.1 Å². The van der Waals surface area contributed by atoms with Gasteiger partial charge in [0.1, 0.15) is 22.8 Å². The molecule has 218 valence electrons. The normalized spacial score (nSPS) is 12.4. The van der Waals surface area contributed by atoms with Crippen LogP contribution in [-0.4, -0.2) is 39.7 Å². The van der Waals surface area contributed by atoms with Crippen LogP contribution in [0.5, 0.6) is 11.5 Å². The monoisotopic (exact) mass is 593 g/mol. The second-order valence-corrected chi connectivity index (χ2v) is 10.1. The maximum atomic E-state index is 13.6. The van der Waals surface area contributed by atoms with Crippen molar-refractivity contribution in [3.8, 4) is 33.9 Å². The first-order valence-corrected chi connectivity index (χ1v) is 12.2. The number of carbonyl (C=O) groups excluding carboxylic acids is 1. The Hall–Kier alpha value is -3.61. The number of benzene rings is 2. The Labute approximate surface area is 230 Å². The van der Waals surface area contributed by atoms with Crippen molar-refractivity contribution in [1.29, 1.82) is 0 Å². The summed E-state index contributed by atoms with van der Waals surface area (Å²) in [5.41, 5.74) is -3.75. The topological polar surface area (TPSA) is 85.6 Å². The number of rotatable bonds is 7. The number of aromatic nitrogens is 2. The molecule has 0 saturated carbocycles. The number of alkyl halides is 6. The van der Waals surface area contributed by atoms with Crippen molar-refractivity contribution in [1.82, 2.24) is 15.1 Å². The highest BCUT2D eigenvalue weighted by Crippen LogP contribution is 2.46. The molecule has 1 heterocycles. The van der Waals surface area contributed by atoms with Crippen molar-refractivity contribution in [2.24, 2.45) is 7.05 Å². The lowest BCUT2D eigenvalue weighted by atomic mass is 9.97. The fourth-order valence-electron chi connectivity index (χ4n) is 3.70. The molecular weight excluding hydrogens is 568 g/mol. The molecule has 0 radical (unpaired) electrons. The first-order valence-electron chi connectivity index (χ1n) is 11.8. The van der Waals surface area contributed by atoms with E-state index in [0.717, 1.165) is 13.1 Å². The quantitative estimate of drug-likeness (QED) is 0.220. The number of nitrogens with zero attached hydrogens (tertiary/aromatic N) is 2. The number of ether oxygens (including phenoxy) is 2. The third kappa shape index (κ3) is 7.52. The lowest BCUT2D eigenvalue weighted by Crippen LogP contribution is -2.33. The molecule has 3 aromatic rings. The molecule has 1 amide bonds. The van der Waals surface area contributed by atoms with Crippen LogP contribution < -0.4 is 10.1 Å². The SMILES string of the molecule is Cn1nc(-c2ccc(OCCCNC(=O)OC(C)(C)C)c(-c3ccc(Cl)c(C(F)(F)F)c3)c2O)cc1C(F)(F)F. The fraction of sp³-hybridized carbons (Fsp3) is 0.385. The van der Waals surface area contributed by atoms with Crippen molar-refractivity contribution in [3.05, 3.63) is 52.7 Å². The summed E-state index contributed by atoms with van der Waals surface area (Å²) >= 11 is 5.74.